The van der Waals surface area contributed by atoms with Gasteiger partial charge in [0.2, 0.25) is 17.7 Å². The van der Waals surface area contributed by atoms with E-state index in [9.17, 15) is 48.6 Å². The van der Waals surface area contributed by atoms with E-state index in [0.717, 1.165) is 4.90 Å². The van der Waals surface area contributed by atoms with Crippen LogP contribution in [0.3, 0.4) is 0 Å². The standard InChI is InChI=1S/C29H51N7O13S2/c1-20(38)21(33-29(49)22(30-2)4-6-25(41)42)3-5-23(39)31-7-13-50-51-14-8-32-24(40)15-36(19-37)12-10-34(16-26(43)44)9-11-35(17-27(45)46)18-28(47)48/h21-22,30,37H,3-19H2,1-2H3,(H,31,39)(H,32,40)(H,33,49)(H,41,42)(H,43,44)(H,45,46)(H,47,48). The van der Waals surface area contributed by atoms with Crippen molar-refractivity contribution in [1.29, 1.82) is 0 Å². The van der Waals surface area contributed by atoms with Crippen LogP contribution in [0.5, 0.6) is 0 Å². The van der Waals surface area contributed by atoms with Gasteiger partial charge in [-0.05, 0) is 26.8 Å². The summed E-state index contributed by atoms with van der Waals surface area (Å²) >= 11 is 0. The summed E-state index contributed by atoms with van der Waals surface area (Å²) in [7, 11) is 4.43. The van der Waals surface area contributed by atoms with Crippen LogP contribution in [0.25, 0.3) is 0 Å². The molecule has 0 aliphatic heterocycles. The van der Waals surface area contributed by atoms with Gasteiger partial charge in [0.05, 0.1) is 45.0 Å². The third-order valence-corrected chi connectivity index (χ3v) is 9.39. The summed E-state index contributed by atoms with van der Waals surface area (Å²) in [6, 6.07) is -1.68. The number of aliphatic carboxylic acids is 4. The molecule has 0 aromatic heterocycles. The molecule has 0 heterocycles. The van der Waals surface area contributed by atoms with Gasteiger partial charge in [-0.3, -0.25) is 53.1 Å². The molecule has 0 saturated heterocycles. The molecule has 0 aromatic rings. The average Bonchev–Trinajstić information content (AvgIpc) is 3.03. The summed E-state index contributed by atoms with van der Waals surface area (Å²) in [5, 5.41) is 56.4. The van der Waals surface area contributed by atoms with E-state index in [4.69, 9.17) is 15.3 Å². The third-order valence-electron chi connectivity index (χ3n) is 6.99. The second-order valence-electron chi connectivity index (χ2n) is 11.2. The van der Waals surface area contributed by atoms with Crippen molar-refractivity contribution in [2.45, 2.75) is 44.7 Å². The van der Waals surface area contributed by atoms with Crippen LogP contribution in [0.4, 0.5) is 0 Å². The molecule has 0 fully saturated rings. The number of amides is 3. The first-order valence-electron chi connectivity index (χ1n) is 16.0. The number of ketones is 1. The first-order valence-corrected chi connectivity index (χ1v) is 18.5. The number of likely N-dealkylation sites (N-methyl/N-ethyl adjacent to an activating group) is 1. The number of carbonyl (C=O) groups is 8. The van der Waals surface area contributed by atoms with E-state index in [1.807, 2.05) is 0 Å². The highest BCUT2D eigenvalue weighted by molar-refractivity contribution is 8.76. The number of carbonyl (C=O) groups excluding carboxylic acids is 4. The Morgan fingerprint density at radius 3 is 1.55 bits per heavy atom. The molecule has 22 heteroatoms. The Hall–Kier alpha value is -3.54. The van der Waals surface area contributed by atoms with Crippen molar-refractivity contribution < 1.29 is 63.9 Å². The summed E-state index contributed by atoms with van der Waals surface area (Å²) in [5.41, 5.74) is 0. The van der Waals surface area contributed by atoms with Gasteiger partial charge in [0, 0.05) is 63.6 Å². The van der Waals surface area contributed by atoms with Crippen LogP contribution in [0.2, 0.25) is 0 Å². The molecule has 2 atom stereocenters. The van der Waals surface area contributed by atoms with Crippen LogP contribution in [-0.2, 0) is 38.4 Å². The lowest BCUT2D eigenvalue weighted by molar-refractivity contribution is -0.143. The highest BCUT2D eigenvalue weighted by Crippen LogP contribution is 2.19. The fraction of sp³-hybridized carbons (Fsp3) is 0.724. The number of hydrogen-bond acceptors (Lipinski definition) is 15. The predicted octanol–water partition coefficient (Wildman–Crippen LogP) is -2.98. The molecule has 2 unspecified atom stereocenters. The Labute approximate surface area is 303 Å². The van der Waals surface area contributed by atoms with Gasteiger partial charge in [-0.1, -0.05) is 21.6 Å². The van der Waals surface area contributed by atoms with Crippen molar-refractivity contribution in [3.8, 4) is 0 Å². The van der Waals surface area contributed by atoms with E-state index in [-0.39, 0.29) is 76.0 Å². The Bertz CT molecular complexity index is 1140. The van der Waals surface area contributed by atoms with E-state index in [0.29, 0.717) is 24.6 Å². The fourth-order valence-corrected chi connectivity index (χ4v) is 6.17. The number of Topliss-reactive ketones (excluding diaryl/α,β-unsaturated/α-hetero) is 1. The summed E-state index contributed by atoms with van der Waals surface area (Å²) in [4.78, 5) is 97.1. The smallest absolute Gasteiger partial charge is 0.317 e. The van der Waals surface area contributed by atoms with Crippen molar-refractivity contribution in [3.63, 3.8) is 0 Å². The Balaban J connectivity index is 4.38. The summed E-state index contributed by atoms with van der Waals surface area (Å²) < 4.78 is 0. The molecule has 0 aliphatic rings. The maximum atomic E-state index is 12.4. The third kappa shape index (κ3) is 26.0. The SMILES string of the molecule is CNC(CCC(=O)O)C(=O)NC(CCC(=O)NCCSSCCNC(=O)CN(CO)CCN(CCN(CC(=O)O)CC(=O)O)CC(=O)O)C(C)=O. The number of carboxylic acids is 4. The maximum absolute atomic E-state index is 12.4. The number of nitrogens with one attached hydrogen (secondary N) is 4. The van der Waals surface area contributed by atoms with Crippen LogP contribution in [-0.4, -0.2) is 190 Å². The number of aliphatic hydroxyl groups is 1. The van der Waals surface area contributed by atoms with Gasteiger partial charge >= 0.3 is 23.9 Å². The van der Waals surface area contributed by atoms with Gasteiger partial charge < -0.3 is 46.8 Å². The van der Waals surface area contributed by atoms with Crippen LogP contribution in [0, 0.1) is 0 Å². The van der Waals surface area contributed by atoms with E-state index < -0.39 is 68.2 Å². The molecule has 51 heavy (non-hydrogen) atoms. The number of rotatable bonds is 32. The Morgan fingerprint density at radius 2 is 1.08 bits per heavy atom. The minimum absolute atomic E-state index is 0.00560. The minimum Gasteiger partial charge on any atom is -0.481 e. The van der Waals surface area contributed by atoms with Crippen molar-refractivity contribution >= 4 is 69.0 Å². The zero-order chi connectivity index (χ0) is 38.8. The molecular formula is C29H51N7O13S2. The van der Waals surface area contributed by atoms with Gasteiger partial charge in [0.1, 0.15) is 0 Å². The lowest BCUT2D eigenvalue weighted by Crippen LogP contribution is -2.49. The first kappa shape index (κ1) is 47.5. The largest absolute Gasteiger partial charge is 0.481 e. The van der Waals surface area contributed by atoms with Crippen molar-refractivity contribution in [1.82, 2.24) is 36.0 Å². The predicted molar refractivity (Wildman–Crippen MR) is 187 cm³/mol. The zero-order valence-corrected chi connectivity index (χ0v) is 30.5. The van der Waals surface area contributed by atoms with E-state index >= 15 is 0 Å². The molecule has 0 aliphatic carbocycles. The molecule has 0 bridgehead atoms. The second kappa shape index (κ2) is 28.1. The van der Waals surface area contributed by atoms with Crippen LogP contribution in [0.1, 0.15) is 32.6 Å². The van der Waals surface area contributed by atoms with Gasteiger partial charge in [0.15, 0.2) is 5.78 Å². The van der Waals surface area contributed by atoms with Gasteiger partial charge in [0.25, 0.3) is 0 Å². The Morgan fingerprint density at radius 1 is 0.608 bits per heavy atom. The van der Waals surface area contributed by atoms with Crippen LogP contribution in [0.15, 0.2) is 0 Å². The number of nitrogens with zero attached hydrogens (tertiary/aromatic N) is 3. The minimum atomic E-state index is -1.23. The normalized spacial score (nSPS) is 12.4. The average molecular weight is 770 g/mol. The number of aliphatic hydroxyl groups excluding tert-OH is 1. The lowest BCUT2D eigenvalue weighted by Gasteiger charge is -2.27. The Kier molecular flexibility index (Phi) is 26.1. The lowest BCUT2D eigenvalue weighted by atomic mass is 10.1. The van der Waals surface area contributed by atoms with E-state index in [2.05, 4.69) is 21.3 Å². The molecule has 9 N–H and O–H groups in total. The molecule has 0 spiro atoms. The van der Waals surface area contributed by atoms with Crippen molar-refractivity contribution in [2.75, 3.05) is 90.7 Å². The molecule has 0 rings (SSSR count). The quantitative estimate of drug-likeness (QED) is 0.0187. The summed E-state index contributed by atoms with van der Waals surface area (Å²) in [6.07, 6.45) is -0.0970. The summed E-state index contributed by atoms with van der Waals surface area (Å²) in [5.74, 6) is -5.08. The summed E-state index contributed by atoms with van der Waals surface area (Å²) in [6.45, 7) is 0.0891. The van der Waals surface area contributed by atoms with Gasteiger partial charge in [-0.2, -0.15) is 0 Å². The maximum Gasteiger partial charge on any atom is 0.317 e. The van der Waals surface area contributed by atoms with Gasteiger partial charge in [-0.25, -0.2) is 0 Å². The monoisotopic (exact) mass is 769 g/mol. The highest BCUT2D eigenvalue weighted by atomic mass is 33.1. The van der Waals surface area contributed by atoms with E-state index in [1.54, 1.807) is 0 Å². The molecule has 292 valence electrons. The molecule has 0 saturated carbocycles. The van der Waals surface area contributed by atoms with Crippen molar-refractivity contribution in [3.05, 3.63) is 0 Å². The van der Waals surface area contributed by atoms with Gasteiger partial charge in [-0.15, -0.1) is 0 Å². The van der Waals surface area contributed by atoms with Crippen molar-refractivity contribution in [2.24, 2.45) is 0 Å². The molecule has 0 aromatic carbocycles. The molecule has 20 nitrogen and oxygen atoms in total. The van der Waals surface area contributed by atoms with Crippen LogP contribution < -0.4 is 21.3 Å². The van der Waals surface area contributed by atoms with Crippen LogP contribution >= 0.6 is 21.6 Å². The topological polar surface area (TPSA) is 296 Å². The molecular weight excluding hydrogens is 718 g/mol. The molecule has 3 amide bonds. The second-order valence-corrected chi connectivity index (χ2v) is 13.9. The highest BCUT2D eigenvalue weighted by Gasteiger charge is 2.24. The number of hydrogen-bond donors (Lipinski definition) is 9. The zero-order valence-electron chi connectivity index (χ0n) is 28.8. The van der Waals surface area contributed by atoms with E-state index in [1.165, 1.54) is 45.4 Å². The fourth-order valence-electron chi connectivity index (χ4n) is 4.35. The first-order chi connectivity index (χ1) is 24.1. The molecule has 0 radical (unpaired) electrons. The number of carboxylic acid groups (broad SMARTS) is 4.